The SMILES string of the molecule is CC(=O)Nc1ccc(CC(=O)NC2CCCC(C(F)(F)F)C2)cc1. The summed E-state index contributed by atoms with van der Waals surface area (Å²) in [6.45, 7) is 1.40. The third kappa shape index (κ3) is 5.54. The van der Waals surface area contributed by atoms with Gasteiger partial charge in [-0.05, 0) is 37.0 Å². The number of anilines is 1. The van der Waals surface area contributed by atoms with E-state index in [1.807, 2.05) is 0 Å². The number of carbonyl (C=O) groups is 2. The summed E-state index contributed by atoms with van der Waals surface area (Å²) in [6.07, 6.45) is -2.94. The second-order valence-corrected chi connectivity index (χ2v) is 6.22. The van der Waals surface area contributed by atoms with Gasteiger partial charge in [-0.25, -0.2) is 0 Å². The van der Waals surface area contributed by atoms with Gasteiger partial charge in [-0.1, -0.05) is 18.6 Å². The average molecular weight is 342 g/mol. The van der Waals surface area contributed by atoms with Crippen molar-refractivity contribution in [1.29, 1.82) is 0 Å². The minimum Gasteiger partial charge on any atom is -0.353 e. The van der Waals surface area contributed by atoms with E-state index in [-0.39, 0.29) is 31.1 Å². The van der Waals surface area contributed by atoms with E-state index < -0.39 is 18.1 Å². The van der Waals surface area contributed by atoms with Gasteiger partial charge in [0.2, 0.25) is 11.8 Å². The van der Waals surface area contributed by atoms with Crippen molar-refractivity contribution >= 4 is 17.5 Å². The summed E-state index contributed by atoms with van der Waals surface area (Å²) in [5.74, 6) is -1.79. The summed E-state index contributed by atoms with van der Waals surface area (Å²) >= 11 is 0. The highest BCUT2D eigenvalue weighted by Crippen LogP contribution is 2.37. The van der Waals surface area contributed by atoms with Crippen LogP contribution in [0.4, 0.5) is 18.9 Å². The number of halogens is 3. The van der Waals surface area contributed by atoms with Crippen LogP contribution in [0.3, 0.4) is 0 Å². The topological polar surface area (TPSA) is 58.2 Å². The molecule has 0 saturated heterocycles. The van der Waals surface area contributed by atoms with E-state index in [4.69, 9.17) is 0 Å². The number of nitrogens with one attached hydrogen (secondary N) is 2. The smallest absolute Gasteiger partial charge is 0.353 e. The molecule has 0 aliphatic heterocycles. The van der Waals surface area contributed by atoms with Crippen LogP contribution in [-0.2, 0) is 16.0 Å². The molecule has 0 bridgehead atoms. The van der Waals surface area contributed by atoms with Crippen LogP contribution in [0, 0.1) is 5.92 Å². The number of rotatable bonds is 4. The molecule has 132 valence electrons. The van der Waals surface area contributed by atoms with Crippen LogP contribution in [0.15, 0.2) is 24.3 Å². The molecule has 2 rings (SSSR count). The fourth-order valence-electron chi connectivity index (χ4n) is 2.99. The zero-order chi connectivity index (χ0) is 17.7. The first-order valence-corrected chi connectivity index (χ1v) is 7.96. The summed E-state index contributed by atoms with van der Waals surface area (Å²) in [5.41, 5.74) is 1.37. The van der Waals surface area contributed by atoms with Gasteiger partial charge in [-0.3, -0.25) is 9.59 Å². The standard InChI is InChI=1S/C17H21F3N2O2/c1-11(23)21-14-7-5-12(6-8-14)9-16(24)22-15-4-2-3-13(10-15)17(18,19)20/h5-8,13,15H,2-4,9-10H2,1H3,(H,21,23)(H,22,24). The second kappa shape index (κ2) is 7.68. The Balaban J connectivity index is 1.85. The maximum absolute atomic E-state index is 12.8. The molecule has 1 aromatic carbocycles. The van der Waals surface area contributed by atoms with Gasteiger partial charge in [0.15, 0.2) is 0 Å². The molecule has 2 unspecified atom stereocenters. The van der Waals surface area contributed by atoms with Gasteiger partial charge in [-0.15, -0.1) is 0 Å². The highest BCUT2D eigenvalue weighted by Gasteiger charge is 2.42. The Morgan fingerprint density at radius 3 is 2.42 bits per heavy atom. The van der Waals surface area contributed by atoms with Gasteiger partial charge in [0.05, 0.1) is 12.3 Å². The number of alkyl halides is 3. The zero-order valence-corrected chi connectivity index (χ0v) is 13.5. The molecule has 1 aliphatic rings. The third-order valence-corrected chi connectivity index (χ3v) is 4.14. The summed E-state index contributed by atoms with van der Waals surface area (Å²) in [7, 11) is 0. The summed E-state index contributed by atoms with van der Waals surface area (Å²) in [6, 6.07) is 6.37. The molecule has 1 aromatic rings. The molecule has 1 fully saturated rings. The first-order chi connectivity index (χ1) is 11.2. The lowest BCUT2D eigenvalue weighted by molar-refractivity contribution is -0.184. The number of hydrogen-bond acceptors (Lipinski definition) is 2. The van der Waals surface area contributed by atoms with Crippen molar-refractivity contribution in [1.82, 2.24) is 5.32 Å². The molecule has 7 heteroatoms. The fourth-order valence-corrected chi connectivity index (χ4v) is 2.99. The van der Waals surface area contributed by atoms with Crippen molar-refractivity contribution in [2.45, 2.75) is 51.2 Å². The van der Waals surface area contributed by atoms with Crippen molar-refractivity contribution in [3.63, 3.8) is 0 Å². The molecule has 0 heterocycles. The Bertz CT molecular complexity index is 584. The predicted octanol–water partition coefficient (Wildman–Crippen LogP) is 3.42. The summed E-state index contributed by atoms with van der Waals surface area (Å²) in [4.78, 5) is 23.0. The lowest BCUT2D eigenvalue weighted by Crippen LogP contribution is -2.42. The van der Waals surface area contributed by atoms with Gasteiger partial charge in [-0.2, -0.15) is 13.2 Å². The third-order valence-electron chi connectivity index (χ3n) is 4.14. The van der Waals surface area contributed by atoms with Crippen LogP contribution in [-0.4, -0.2) is 24.0 Å². The average Bonchev–Trinajstić information content (AvgIpc) is 2.48. The Labute approximate surface area is 138 Å². The van der Waals surface area contributed by atoms with Crippen LogP contribution in [0.1, 0.15) is 38.2 Å². The first-order valence-electron chi connectivity index (χ1n) is 7.96. The molecule has 1 aliphatic carbocycles. The van der Waals surface area contributed by atoms with Crippen LogP contribution in [0.25, 0.3) is 0 Å². The quantitative estimate of drug-likeness (QED) is 0.881. The summed E-state index contributed by atoms with van der Waals surface area (Å²) in [5, 5.41) is 5.33. The van der Waals surface area contributed by atoms with E-state index >= 15 is 0 Å². The fraction of sp³-hybridized carbons (Fsp3) is 0.529. The van der Waals surface area contributed by atoms with E-state index in [1.165, 1.54) is 6.92 Å². The van der Waals surface area contributed by atoms with Crippen molar-refractivity contribution in [3.05, 3.63) is 29.8 Å². The van der Waals surface area contributed by atoms with Gasteiger partial charge in [0.25, 0.3) is 0 Å². The Morgan fingerprint density at radius 1 is 1.17 bits per heavy atom. The molecular formula is C17H21F3N2O2. The highest BCUT2D eigenvalue weighted by molar-refractivity contribution is 5.88. The molecule has 0 radical (unpaired) electrons. The van der Waals surface area contributed by atoms with Crippen LogP contribution < -0.4 is 10.6 Å². The first kappa shape index (κ1) is 18.3. The van der Waals surface area contributed by atoms with Crippen molar-refractivity contribution in [2.24, 2.45) is 5.92 Å². The van der Waals surface area contributed by atoms with Gasteiger partial charge >= 0.3 is 6.18 Å². The number of amides is 2. The molecule has 24 heavy (non-hydrogen) atoms. The zero-order valence-electron chi connectivity index (χ0n) is 13.5. The molecule has 1 saturated carbocycles. The highest BCUT2D eigenvalue weighted by atomic mass is 19.4. The van der Waals surface area contributed by atoms with Crippen LogP contribution in [0.5, 0.6) is 0 Å². The van der Waals surface area contributed by atoms with Crippen molar-refractivity contribution in [2.75, 3.05) is 5.32 Å². The van der Waals surface area contributed by atoms with Gasteiger partial charge in [0.1, 0.15) is 0 Å². The number of carbonyl (C=O) groups excluding carboxylic acids is 2. The van der Waals surface area contributed by atoms with E-state index in [9.17, 15) is 22.8 Å². The number of hydrogen-bond donors (Lipinski definition) is 2. The minimum atomic E-state index is -4.19. The van der Waals surface area contributed by atoms with Crippen LogP contribution >= 0.6 is 0 Å². The van der Waals surface area contributed by atoms with Crippen LogP contribution in [0.2, 0.25) is 0 Å². The lowest BCUT2D eigenvalue weighted by atomic mass is 9.85. The number of benzene rings is 1. The van der Waals surface area contributed by atoms with Crippen molar-refractivity contribution in [3.8, 4) is 0 Å². The predicted molar refractivity (Wildman–Crippen MR) is 84.4 cm³/mol. The maximum Gasteiger partial charge on any atom is 0.391 e. The monoisotopic (exact) mass is 342 g/mol. The second-order valence-electron chi connectivity index (χ2n) is 6.22. The molecule has 0 aromatic heterocycles. The normalized spacial score (nSPS) is 21.2. The van der Waals surface area contributed by atoms with E-state index in [2.05, 4.69) is 10.6 Å². The molecule has 0 spiro atoms. The van der Waals surface area contributed by atoms with Crippen molar-refractivity contribution < 1.29 is 22.8 Å². The molecule has 4 nitrogen and oxygen atoms in total. The Hall–Kier alpha value is -2.05. The minimum absolute atomic E-state index is 0.0449. The summed E-state index contributed by atoms with van der Waals surface area (Å²) < 4.78 is 38.4. The maximum atomic E-state index is 12.8. The largest absolute Gasteiger partial charge is 0.391 e. The van der Waals surface area contributed by atoms with Gasteiger partial charge in [0, 0.05) is 18.7 Å². The molecular weight excluding hydrogens is 321 g/mol. The van der Waals surface area contributed by atoms with E-state index in [1.54, 1.807) is 24.3 Å². The molecule has 2 atom stereocenters. The molecule has 2 amide bonds. The van der Waals surface area contributed by atoms with E-state index in [0.717, 1.165) is 5.56 Å². The molecule has 2 N–H and O–H groups in total. The Morgan fingerprint density at radius 2 is 1.83 bits per heavy atom. The Kier molecular flexibility index (Phi) is 5.85. The van der Waals surface area contributed by atoms with Gasteiger partial charge < -0.3 is 10.6 Å². The lowest BCUT2D eigenvalue weighted by Gasteiger charge is -2.31. The van der Waals surface area contributed by atoms with E-state index in [0.29, 0.717) is 18.5 Å².